The molecule has 0 aliphatic carbocycles. The number of ether oxygens (including phenoxy) is 1. The van der Waals surface area contributed by atoms with Crippen molar-refractivity contribution in [1.82, 2.24) is 14.9 Å². The van der Waals surface area contributed by atoms with Crippen molar-refractivity contribution in [2.45, 2.75) is 55.7 Å². The molecule has 1 spiro atoms. The molecule has 4 rings (SSSR count). The summed E-state index contributed by atoms with van der Waals surface area (Å²) in [5.41, 5.74) is 1.73. The second-order valence-corrected chi connectivity index (χ2v) is 8.82. The number of thioether (sulfide) groups is 1. The number of alkyl halides is 3. The molecule has 9 heteroatoms. The molecule has 1 aromatic heterocycles. The maximum Gasteiger partial charge on any atom is 0.451 e. The van der Waals surface area contributed by atoms with Crippen molar-refractivity contribution < 1.29 is 22.7 Å². The smallest absolute Gasteiger partial charge is 0.369 e. The van der Waals surface area contributed by atoms with Gasteiger partial charge in [-0.05, 0) is 32.6 Å². The molecular formula is C19H22F3N3O2S. The topological polar surface area (TPSA) is 55.3 Å². The van der Waals surface area contributed by atoms with Gasteiger partial charge in [0.2, 0.25) is 5.82 Å². The Morgan fingerprint density at radius 2 is 2.00 bits per heavy atom. The number of likely N-dealkylation sites (tertiary alicyclic amines) is 1. The number of piperidine rings is 1. The fourth-order valence-electron chi connectivity index (χ4n) is 4.32. The molecule has 0 N–H and O–H groups in total. The largest absolute Gasteiger partial charge is 0.451 e. The molecule has 2 unspecified atom stereocenters. The van der Waals surface area contributed by atoms with E-state index in [2.05, 4.69) is 14.9 Å². The zero-order valence-electron chi connectivity index (χ0n) is 15.5. The highest BCUT2D eigenvalue weighted by atomic mass is 32.2. The lowest BCUT2D eigenvalue weighted by atomic mass is 9.85. The van der Waals surface area contributed by atoms with E-state index in [1.807, 2.05) is 6.92 Å². The maximum absolute atomic E-state index is 12.7. The number of rotatable bonds is 3. The lowest BCUT2D eigenvalue weighted by molar-refractivity contribution is -0.145. The standard InChI is InChI=1S/C19H22F3N3O2S/c1-12(14-9-23-17(24-10-14)19(20,21)22)25-5-3-18(4-6-25)16-13(2-7-27-18)8-15(11-26)28-16/h9-12,15H,2-8H2,1H3. The summed E-state index contributed by atoms with van der Waals surface area (Å²) in [5, 5.41) is 0.00447. The number of hydrogen-bond donors (Lipinski definition) is 0. The van der Waals surface area contributed by atoms with Crippen LogP contribution in [0.4, 0.5) is 13.2 Å². The predicted octanol–water partition coefficient (Wildman–Crippen LogP) is 3.77. The van der Waals surface area contributed by atoms with Gasteiger partial charge in [-0.15, -0.1) is 11.8 Å². The Bertz CT molecular complexity index is 774. The molecule has 0 saturated carbocycles. The molecule has 4 heterocycles. The number of fused-ring (bicyclic) bond motifs is 1. The lowest BCUT2D eigenvalue weighted by Gasteiger charge is -2.46. The Kier molecular flexibility index (Phi) is 5.26. The van der Waals surface area contributed by atoms with Gasteiger partial charge in [0.1, 0.15) is 11.9 Å². The molecule has 3 aliphatic rings. The molecule has 2 atom stereocenters. The van der Waals surface area contributed by atoms with Gasteiger partial charge in [0.05, 0.1) is 11.9 Å². The van der Waals surface area contributed by atoms with Gasteiger partial charge in [0, 0.05) is 42.0 Å². The van der Waals surface area contributed by atoms with Gasteiger partial charge in [-0.3, -0.25) is 4.90 Å². The van der Waals surface area contributed by atoms with E-state index in [4.69, 9.17) is 4.74 Å². The zero-order chi connectivity index (χ0) is 19.9. The van der Waals surface area contributed by atoms with Crippen LogP contribution in [0.25, 0.3) is 0 Å². The first-order chi connectivity index (χ1) is 13.3. The Hall–Kier alpha value is -1.45. The van der Waals surface area contributed by atoms with Crippen LogP contribution in [0.3, 0.4) is 0 Å². The molecule has 3 aliphatic heterocycles. The minimum Gasteiger partial charge on any atom is -0.369 e. The van der Waals surface area contributed by atoms with Gasteiger partial charge < -0.3 is 9.53 Å². The number of carbonyl (C=O) groups excluding carboxylic acids is 1. The maximum atomic E-state index is 12.7. The van der Waals surface area contributed by atoms with Gasteiger partial charge in [0.15, 0.2) is 0 Å². The fourth-order valence-corrected chi connectivity index (χ4v) is 5.80. The van der Waals surface area contributed by atoms with Crippen LogP contribution in [-0.2, 0) is 15.7 Å². The predicted molar refractivity (Wildman–Crippen MR) is 98.6 cm³/mol. The number of nitrogens with zero attached hydrogens (tertiary/aromatic N) is 3. The monoisotopic (exact) mass is 413 g/mol. The average Bonchev–Trinajstić information content (AvgIpc) is 3.13. The second kappa shape index (κ2) is 7.42. The highest BCUT2D eigenvalue weighted by Gasteiger charge is 2.46. The summed E-state index contributed by atoms with van der Waals surface area (Å²) in [5.74, 6) is -1.11. The summed E-state index contributed by atoms with van der Waals surface area (Å²) in [6.45, 7) is 4.19. The summed E-state index contributed by atoms with van der Waals surface area (Å²) in [6, 6.07) is -0.0735. The first-order valence-electron chi connectivity index (χ1n) is 9.44. The highest BCUT2D eigenvalue weighted by molar-refractivity contribution is 8.04. The zero-order valence-corrected chi connectivity index (χ0v) is 16.4. The second-order valence-electron chi connectivity index (χ2n) is 7.57. The normalized spacial score (nSPS) is 26.4. The van der Waals surface area contributed by atoms with Crippen molar-refractivity contribution in [3.8, 4) is 0 Å². The minimum absolute atomic E-state index is 0.00447. The van der Waals surface area contributed by atoms with Crippen LogP contribution in [0, 0.1) is 0 Å². The molecule has 1 fully saturated rings. The van der Waals surface area contributed by atoms with Gasteiger partial charge in [-0.2, -0.15) is 13.2 Å². The Balaban J connectivity index is 1.44. The molecule has 1 saturated heterocycles. The number of halogens is 3. The molecule has 0 bridgehead atoms. The number of carbonyl (C=O) groups is 1. The van der Waals surface area contributed by atoms with E-state index in [-0.39, 0.29) is 16.9 Å². The third-order valence-electron chi connectivity index (χ3n) is 5.95. The minimum atomic E-state index is -4.53. The Morgan fingerprint density at radius 1 is 1.32 bits per heavy atom. The van der Waals surface area contributed by atoms with E-state index in [0.717, 1.165) is 45.1 Å². The Morgan fingerprint density at radius 3 is 2.61 bits per heavy atom. The van der Waals surface area contributed by atoms with E-state index < -0.39 is 12.0 Å². The first kappa shape index (κ1) is 19.8. The van der Waals surface area contributed by atoms with Gasteiger partial charge in [0.25, 0.3) is 0 Å². The van der Waals surface area contributed by atoms with Crippen LogP contribution in [0.2, 0.25) is 0 Å². The average molecular weight is 413 g/mol. The molecular weight excluding hydrogens is 391 g/mol. The third kappa shape index (κ3) is 3.59. The first-order valence-corrected chi connectivity index (χ1v) is 10.3. The van der Waals surface area contributed by atoms with Crippen LogP contribution in [-0.4, -0.2) is 51.7 Å². The van der Waals surface area contributed by atoms with Gasteiger partial charge >= 0.3 is 6.18 Å². The number of hydrogen-bond acceptors (Lipinski definition) is 6. The van der Waals surface area contributed by atoms with E-state index in [1.165, 1.54) is 22.9 Å². The summed E-state index contributed by atoms with van der Waals surface area (Å²) in [7, 11) is 0. The van der Waals surface area contributed by atoms with Crippen LogP contribution in [0.5, 0.6) is 0 Å². The van der Waals surface area contributed by atoms with E-state index in [1.54, 1.807) is 11.8 Å². The van der Waals surface area contributed by atoms with Crippen LogP contribution >= 0.6 is 11.8 Å². The molecule has 1 aromatic rings. The summed E-state index contributed by atoms with van der Waals surface area (Å²) in [4.78, 5) is 21.7. The van der Waals surface area contributed by atoms with Crippen molar-refractivity contribution in [2.75, 3.05) is 19.7 Å². The number of aldehydes is 1. The van der Waals surface area contributed by atoms with Crippen molar-refractivity contribution in [1.29, 1.82) is 0 Å². The number of aromatic nitrogens is 2. The van der Waals surface area contributed by atoms with Crippen LogP contribution in [0.15, 0.2) is 22.9 Å². The summed E-state index contributed by atoms with van der Waals surface area (Å²) in [6.07, 6.45) is 2.40. The molecule has 0 radical (unpaired) electrons. The van der Waals surface area contributed by atoms with E-state index in [9.17, 15) is 18.0 Å². The lowest BCUT2D eigenvalue weighted by Crippen LogP contribution is -2.48. The SMILES string of the molecule is CC(c1cnc(C(F)(F)F)nc1)N1CCC2(CC1)OCCC1=C2SC(C=O)C1. The van der Waals surface area contributed by atoms with Gasteiger partial charge in [-0.1, -0.05) is 5.57 Å². The molecule has 0 amide bonds. The molecule has 152 valence electrons. The molecule has 28 heavy (non-hydrogen) atoms. The van der Waals surface area contributed by atoms with Crippen LogP contribution < -0.4 is 0 Å². The summed E-state index contributed by atoms with van der Waals surface area (Å²) >= 11 is 1.65. The van der Waals surface area contributed by atoms with Crippen LogP contribution in [0.1, 0.15) is 50.0 Å². The Labute approximate surface area is 165 Å². The van der Waals surface area contributed by atoms with E-state index in [0.29, 0.717) is 12.2 Å². The van der Waals surface area contributed by atoms with Gasteiger partial charge in [-0.25, -0.2) is 9.97 Å². The third-order valence-corrected chi connectivity index (χ3v) is 7.42. The van der Waals surface area contributed by atoms with E-state index >= 15 is 0 Å². The molecule has 5 nitrogen and oxygen atoms in total. The van der Waals surface area contributed by atoms with Crippen molar-refractivity contribution in [2.24, 2.45) is 0 Å². The highest BCUT2D eigenvalue weighted by Crippen LogP contribution is 2.52. The van der Waals surface area contributed by atoms with Crippen molar-refractivity contribution in [3.63, 3.8) is 0 Å². The molecule has 0 aromatic carbocycles. The fraction of sp³-hybridized carbons (Fsp3) is 0.632. The summed E-state index contributed by atoms with van der Waals surface area (Å²) < 4.78 is 44.2. The quantitative estimate of drug-likeness (QED) is 0.704. The van der Waals surface area contributed by atoms with Crippen molar-refractivity contribution in [3.05, 3.63) is 34.3 Å². The van der Waals surface area contributed by atoms with Crippen molar-refractivity contribution >= 4 is 18.0 Å².